The Balaban J connectivity index is 1.92. The van der Waals surface area contributed by atoms with Crippen LogP contribution in [0.15, 0.2) is 30.3 Å². The molecule has 0 unspecified atom stereocenters. The van der Waals surface area contributed by atoms with Gasteiger partial charge in [0.05, 0.1) is 0 Å². The van der Waals surface area contributed by atoms with Gasteiger partial charge in [-0.05, 0) is 31.0 Å². The lowest BCUT2D eigenvalue weighted by Gasteiger charge is -2.10. The summed E-state index contributed by atoms with van der Waals surface area (Å²) >= 11 is 5.89. The van der Waals surface area contributed by atoms with Gasteiger partial charge in [-0.2, -0.15) is 0 Å². The van der Waals surface area contributed by atoms with Gasteiger partial charge in [0.15, 0.2) is 0 Å². The molecule has 0 aliphatic rings. The first-order chi connectivity index (χ1) is 10.7. The van der Waals surface area contributed by atoms with E-state index in [9.17, 15) is 0 Å². The van der Waals surface area contributed by atoms with Crippen molar-refractivity contribution < 1.29 is 0 Å². The van der Waals surface area contributed by atoms with E-state index in [4.69, 9.17) is 11.6 Å². The standard InChI is InChI=1S/C17H23ClN4/c1-3-4-5-10-19-16-11-17(22-13(2)21-16)20-12-14-6-8-15(18)9-7-14/h6-9,11H,3-5,10,12H2,1-2H3,(H2,19,20,21,22). The third-order valence-corrected chi connectivity index (χ3v) is 3.56. The Morgan fingerprint density at radius 1 is 1.00 bits per heavy atom. The summed E-state index contributed by atoms with van der Waals surface area (Å²) in [5, 5.41) is 7.44. The normalized spacial score (nSPS) is 10.5. The molecule has 0 saturated carbocycles. The first kappa shape index (κ1) is 16.6. The van der Waals surface area contributed by atoms with Gasteiger partial charge in [0.1, 0.15) is 17.5 Å². The highest BCUT2D eigenvalue weighted by Crippen LogP contribution is 2.14. The molecule has 2 rings (SSSR count). The Kier molecular flexibility index (Phi) is 6.46. The van der Waals surface area contributed by atoms with E-state index in [2.05, 4.69) is 27.5 Å². The topological polar surface area (TPSA) is 49.8 Å². The van der Waals surface area contributed by atoms with Crippen LogP contribution in [0, 0.1) is 6.92 Å². The predicted octanol–water partition coefficient (Wildman–Crippen LogP) is 4.65. The molecule has 0 radical (unpaired) electrons. The van der Waals surface area contributed by atoms with Crippen molar-refractivity contribution in [1.82, 2.24) is 9.97 Å². The van der Waals surface area contributed by atoms with Crippen molar-refractivity contribution in [1.29, 1.82) is 0 Å². The first-order valence-electron chi connectivity index (χ1n) is 7.75. The molecular formula is C17H23ClN4. The van der Waals surface area contributed by atoms with Crippen molar-refractivity contribution in [3.05, 3.63) is 46.7 Å². The van der Waals surface area contributed by atoms with E-state index >= 15 is 0 Å². The molecule has 1 heterocycles. The maximum atomic E-state index is 5.89. The van der Waals surface area contributed by atoms with Gasteiger partial charge in [0, 0.05) is 24.2 Å². The van der Waals surface area contributed by atoms with Gasteiger partial charge < -0.3 is 10.6 Å². The summed E-state index contributed by atoms with van der Waals surface area (Å²) in [5.41, 5.74) is 1.16. The largest absolute Gasteiger partial charge is 0.370 e. The number of halogens is 1. The molecule has 0 spiro atoms. The van der Waals surface area contributed by atoms with Crippen molar-refractivity contribution in [3.8, 4) is 0 Å². The Morgan fingerprint density at radius 3 is 2.36 bits per heavy atom. The van der Waals surface area contributed by atoms with Gasteiger partial charge in [0.25, 0.3) is 0 Å². The number of aromatic nitrogens is 2. The number of aryl methyl sites for hydroxylation is 1. The zero-order chi connectivity index (χ0) is 15.8. The lowest BCUT2D eigenvalue weighted by Crippen LogP contribution is -2.08. The molecule has 0 aliphatic heterocycles. The van der Waals surface area contributed by atoms with Gasteiger partial charge in [-0.15, -0.1) is 0 Å². The Bertz CT molecular complexity index is 584. The van der Waals surface area contributed by atoms with Crippen LogP contribution in [0.1, 0.15) is 37.6 Å². The molecule has 0 amide bonds. The van der Waals surface area contributed by atoms with Crippen LogP contribution >= 0.6 is 11.6 Å². The number of benzene rings is 1. The minimum absolute atomic E-state index is 0.711. The maximum Gasteiger partial charge on any atom is 0.132 e. The summed E-state index contributed by atoms with van der Waals surface area (Å²) in [7, 11) is 0. The number of unbranched alkanes of at least 4 members (excludes halogenated alkanes) is 2. The van der Waals surface area contributed by atoms with Crippen molar-refractivity contribution >= 4 is 23.2 Å². The van der Waals surface area contributed by atoms with E-state index < -0.39 is 0 Å². The van der Waals surface area contributed by atoms with Gasteiger partial charge in [-0.1, -0.05) is 43.5 Å². The molecule has 5 heteroatoms. The lowest BCUT2D eigenvalue weighted by molar-refractivity contribution is 0.742. The Morgan fingerprint density at radius 2 is 1.68 bits per heavy atom. The van der Waals surface area contributed by atoms with Crippen LogP contribution in [0.2, 0.25) is 5.02 Å². The summed E-state index contributed by atoms with van der Waals surface area (Å²) in [4.78, 5) is 8.84. The third kappa shape index (κ3) is 5.53. The van der Waals surface area contributed by atoms with Crippen molar-refractivity contribution in [3.63, 3.8) is 0 Å². The highest BCUT2D eigenvalue weighted by atomic mass is 35.5. The number of rotatable bonds is 8. The summed E-state index contributed by atoms with van der Waals surface area (Å²) in [6.07, 6.45) is 3.62. The minimum Gasteiger partial charge on any atom is -0.370 e. The molecule has 0 aliphatic carbocycles. The lowest BCUT2D eigenvalue weighted by atomic mass is 10.2. The van der Waals surface area contributed by atoms with Crippen LogP contribution in [-0.2, 0) is 6.54 Å². The summed E-state index contributed by atoms with van der Waals surface area (Å²) in [6.45, 7) is 5.77. The van der Waals surface area contributed by atoms with Gasteiger partial charge in [-0.25, -0.2) is 9.97 Å². The highest BCUT2D eigenvalue weighted by Gasteiger charge is 2.02. The zero-order valence-electron chi connectivity index (χ0n) is 13.2. The van der Waals surface area contributed by atoms with Crippen molar-refractivity contribution in [2.75, 3.05) is 17.2 Å². The summed E-state index contributed by atoms with van der Waals surface area (Å²) in [5.74, 6) is 2.47. The highest BCUT2D eigenvalue weighted by molar-refractivity contribution is 6.30. The monoisotopic (exact) mass is 318 g/mol. The molecule has 0 bridgehead atoms. The minimum atomic E-state index is 0.711. The molecule has 0 atom stereocenters. The van der Waals surface area contributed by atoms with Gasteiger partial charge in [0.2, 0.25) is 0 Å². The second-order valence-electron chi connectivity index (χ2n) is 5.30. The number of nitrogens with zero attached hydrogens (tertiary/aromatic N) is 2. The zero-order valence-corrected chi connectivity index (χ0v) is 14.0. The molecule has 22 heavy (non-hydrogen) atoms. The fourth-order valence-electron chi connectivity index (χ4n) is 2.14. The molecule has 0 fully saturated rings. The molecule has 2 aromatic rings. The van der Waals surface area contributed by atoms with E-state index in [1.165, 1.54) is 12.8 Å². The van der Waals surface area contributed by atoms with Gasteiger partial charge >= 0.3 is 0 Å². The molecule has 1 aromatic carbocycles. The molecule has 0 saturated heterocycles. The molecule has 118 valence electrons. The smallest absolute Gasteiger partial charge is 0.132 e. The molecule has 4 nitrogen and oxygen atoms in total. The van der Waals surface area contributed by atoms with Crippen LogP contribution in [0.5, 0.6) is 0 Å². The number of hydrogen-bond donors (Lipinski definition) is 2. The van der Waals surface area contributed by atoms with E-state index in [0.29, 0.717) is 6.54 Å². The molecule has 1 aromatic heterocycles. The second kappa shape index (κ2) is 8.59. The fourth-order valence-corrected chi connectivity index (χ4v) is 2.26. The van der Waals surface area contributed by atoms with Crippen molar-refractivity contribution in [2.24, 2.45) is 0 Å². The van der Waals surface area contributed by atoms with E-state index in [1.807, 2.05) is 37.3 Å². The Hall–Kier alpha value is -1.81. The third-order valence-electron chi connectivity index (χ3n) is 3.31. The quantitative estimate of drug-likeness (QED) is 0.695. The summed E-state index contributed by atoms with van der Waals surface area (Å²) < 4.78 is 0. The molecular weight excluding hydrogens is 296 g/mol. The van der Waals surface area contributed by atoms with Crippen LogP contribution in [0.25, 0.3) is 0 Å². The second-order valence-corrected chi connectivity index (χ2v) is 5.74. The van der Waals surface area contributed by atoms with Crippen LogP contribution in [-0.4, -0.2) is 16.5 Å². The average molecular weight is 319 g/mol. The number of anilines is 2. The number of nitrogens with one attached hydrogen (secondary N) is 2. The predicted molar refractivity (Wildman–Crippen MR) is 93.6 cm³/mol. The van der Waals surface area contributed by atoms with Gasteiger partial charge in [-0.3, -0.25) is 0 Å². The molecule has 2 N–H and O–H groups in total. The van der Waals surface area contributed by atoms with Crippen LogP contribution in [0.3, 0.4) is 0 Å². The maximum absolute atomic E-state index is 5.89. The first-order valence-corrected chi connectivity index (χ1v) is 8.13. The van der Waals surface area contributed by atoms with E-state index in [1.54, 1.807) is 0 Å². The average Bonchev–Trinajstić information content (AvgIpc) is 2.51. The van der Waals surface area contributed by atoms with Crippen LogP contribution < -0.4 is 10.6 Å². The fraction of sp³-hybridized carbons (Fsp3) is 0.412. The SMILES string of the molecule is CCCCCNc1cc(NCc2ccc(Cl)cc2)nc(C)n1. The Labute approximate surface area is 137 Å². The van der Waals surface area contributed by atoms with Crippen LogP contribution in [0.4, 0.5) is 11.6 Å². The van der Waals surface area contributed by atoms with E-state index in [-0.39, 0.29) is 0 Å². The van der Waals surface area contributed by atoms with E-state index in [0.717, 1.165) is 41.0 Å². The summed E-state index contributed by atoms with van der Waals surface area (Å²) in [6, 6.07) is 9.75. The van der Waals surface area contributed by atoms with Crippen molar-refractivity contribution in [2.45, 2.75) is 39.7 Å². The number of hydrogen-bond acceptors (Lipinski definition) is 4.